The van der Waals surface area contributed by atoms with Crippen molar-refractivity contribution in [2.75, 3.05) is 9.80 Å². The molecule has 97 heavy (non-hydrogen) atoms. The number of nitrogens with zero attached hydrogens (tertiary/aromatic N) is 2. The molecule has 0 saturated heterocycles. The molecule has 2 unspecified atom stereocenters. The Morgan fingerprint density at radius 2 is 0.505 bits per heavy atom. The van der Waals surface area contributed by atoms with Crippen molar-refractivity contribution >= 4 is 46.3 Å². The quantitative estimate of drug-likeness (QED) is 0.120. The highest BCUT2D eigenvalue weighted by atomic mass is 19.1. The maximum atomic E-state index is 16.3. The fourth-order valence-corrected chi connectivity index (χ4v) is 17.3. The van der Waals surface area contributed by atoms with Crippen LogP contribution in [0.25, 0.3) is 56.7 Å². The first-order chi connectivity index (χ1) is 47.6. The molecular weight excluding hydrogens is 1180 g/mol. The van der Waals surface area contributed by atoms with Crippen molar-refractivity contribution in [1.29, 1.82) is 0 Å². The molecule has 1 spiro atoms. The number of halogens is 2. The molecule has 0 fully saturated rings. The zero-order valence-corrected chi connectivity index (χ0v) is 53.7. The van der Waals surface area contributed by atoms with E-state index in [0.717, 1.165) is 112 Å². The van der Waals surface area contributed by atoms with Crippen LogP contribution in [-0.2, 0) is 16.2 Å². The summed E-state index contributed by atoms with van der Waals surface area (Å²) >= 11 is 0. The van der Waals surface area contributed by atoms with Crippen molar-refractivity contribution < 1.29 is 8.78 Å². The predicted octanol–water partition coefficient (Wildman–Crippen LogP) is 23.9. The van der Waals surface area contributed by atoms with Crippen LogP contribution in [0, 0.1) is 25.5 Å². The Labute approximate surface area is 565 Å². The van der Waals surface area contributed by atoms with E-state index in [-0.39, 0.29) is 11.6 Å². The third-order valence-electron chi connectivity index (χ3n) is 21.4. The van der Waals surface area contributed by atoms with E-state index in [1.54, 1.807) is 24.3 Å². The van der Waals surface area contributed by atoms with Gasteiger partial charge < -0.3 is 9.80 Å². The van der Waals surface area contributed by atoms with Crippen LogP contribution in [0.4, 0.5) is 42.9 Å². The molecule has 18 rings (SSSR count). The van der Waals surface area contributed by atoms with Crippen molar-refractivity contribution in [2.24, 2.45) is 0 Å². The van der Waals surface area contributed by atoms with E-state index in [4.69, 9.17) is 0 Å². The molecule has 4 aliphatic rings. The second-order valence-electron chi connectivity index (χ2n) is 26.4. The molecule has 4 heteroatoms. The Balaban J connectivity index is 0.857. The van der Waals surface area contributed by atoms with E-state index in [1.807, 2.05) is 24.3 Å². The van der Waals surface area contributed by atoms with Crippen LogP contribution in [0.1, 0.15) is 89.0 Å². The van der Waals surface area contributed by atoms with Crippen molar-refractivity contribution in [3.05, 3.63) is 429 Å². The lowest BCUT2D eigenvalue weighted by Gasteiger charge is -2.36. The Hall–Kier alpha value is -12.0. The summed E-state index contributed by atoms with van der Waals surface area (Å²) in [4.78, 5) is 4.48. The number of benzene rings is 14. The molecule has 0 aliphatic heterocycles. The number of rotatable bonds is 12. The lowest BCUT2D eigenvalue weighted by molar-refractivity contribution is 0.627. The summed E-state index contributed by atoms with van der Waals surface area (Å²) in [6, 6.07) is 112. The van der Waals surface area contributed by atoms with E-state index in [1.165, 1.54) is 56.6 Å². The second kappa shape index (κ2) is 22.1. The van der Waals surface area contributed by atoms with Crippen LogP contribution in [0.5, 0.6) is 0 Å². The van der Waals surface area contributed by atoms with Gasteiger partial charge in [-0.1, -0.05) is 267 Å². The van der Waals surface area contributed by atoms with Crippen molar-refractivity contribution in [3.63, 3.8) is 0 Å². The molecule has 14 aromatic rings. The molecule has 0 saturated carbocycles. The highest BCUT2D eigenvalue weighted by Gasteiger charge is 2.53. The van der Waals surface area contributed by atoms with Gasteiger partial charge in [0.25, 0.3) is 0 Å². The van der Waals surface area contributed by atoms with Gasteiger partial charge in [0.2, 0.25) is 0 Å². The van der Waals surface area contributed by atoms with Gasteiger partial charge in [-0.05, 0) is 221 Å². The van der Waals surface area contributed by atoms with Crippen LogP contribution in [0.3, 0.4) is 0 Å². The van der Waals surface area contributed by atoms with Gasteiger partial charge in [-0.25, -0.2) is 8.78 Å². The van der Waals surface area contributed by atoms with Gasteiger partial charge in [-0.3, -0.25) is 0 Å². The Bertz CT molecular complexity index is 5220. The molecule has 0 amide bonds. The summed E-state index contributed by atoms with van der Waals surface area (Å²) in [6.45, 7) is 12.5. The summed E-state index contributed by atoms with van der Waals surface area (Å²) in [5.74, 6) is -0.662. The molecule has 2 atom stereocenters. The lowest BCUT2D eigenvalue weighted by Crippen LogP contribution is -2.29. The van der Waals surface area contributed by atoms with Crippen LogP contribution in [-0.4, -0.2) is 0 Å². The number of fused-ring (bicyclic) bond motifs is 16. The topological polar surface area (TPSA) is 6.48 Å². The van der Waals surface area contributed by atoms with E-state index in [9.17, 15) is 0 Å². The van der Waals surface area contributed by atoms with Crippen LogP contribution < -0.4 is 9.80 Å². The first-order valence-electron chi connectivity index (χ1n) is 33.3. The Kier molecular flexibility index (Phi) is 13.1. The normalized spacial score (nSPS) is 16.9. The average Bonchev–Trinajstić information content (AvgIpc) is 1.52. The maximum Gasteiger partial charge on any atom is 0.125 e. The van der Waals surface area contributed by atoms with Gasteiger partial charge in [0.05, 0.1) is 16.2 Å². The zero-order chi connectivity index (χ0) is 65.3. The molecule has 2 nitrogen and oxygen atoms in total. The van der Waals surface area contributed by atoms with E-state index in [0.29, 0.717) is 11.4 Å². The highest BCUT2D eigenvalue weighted by Crippen LogP contribution is 2.65. The third-order valence-corrected chi connectivity index (χ3v) is 21.4. The average molecular weight is 1250 g/mol. The number of anilines is 6. The maximum absolute atomic E-state index is 16.3. The van der Waals surface area contributed by atoms with Crippen LogP contribution >= 0.6 is 0 Å². The number of aryl methyl sites for hydroxylation is 2. The SMILES string of the molecule is C=Cc1ccc(C2(c3ccc(C)cc3)c3ccccc3-c3ccc(N(c4cccc(F)c4)c4ccc5c(c4)C4(c6ccccc6-5)c5ccccc5-c5ccc(N(c6cccc(F)c6)c6ccc7c(c6)C(c6ccc(C)cc6)(c6ccc(C=C)cc6)c6ccccc6-7)cc54)cc32)cc1. The zero-order valence-electron chi connectivity index (χ0n) is 53.7. The molecule has 0 heterocycles. The summed E-state index contributed by atoms with van der Waals surface area (Å²) in [5.41, 5.74) is 30.1. The summed E-state index contributed by atoms with van der Waals surface area (Å²) in [6.07, 6.45) is 3.79. The monoisotopic (exact) mass is 1250 g/mol. The van der Waals surface area contributed by atoms with Crippen molar-refractivity contribution in [1.82, 2.24) is 0 Å². The van der Waals surface area contributed by atoms with E-state index in [2.05, 4.69) is 304 Å². The van der Waals surface area contributed by atoms with Gasteiger partial charge in [0.1, 0.15) is 11.6 Å². The standard InChI is InChI=1S/C93H64F2N2/c1-5-61-33-41-65(42-34-61)91(63-37-29-59(3)30-38-63)83-25-11-7-21-75(83)79-49-45-71(55-87(79)91)96(69-19-15-17-67(94)53-69)73-47-51-81-77-23-9-13-27-85(77)93(89(81)57-73)86-28-14-10-24-78(86)82-52-48-74(58-90(82)93)97(70-20-16-18-68(95)54-70)72-46-50-80-76-22-8-12-26-84(76)92(88(80)56-72,64-39-31-60(4)32-40-64)66-43-35-62(6-2)36-44-66/h5-58H,1-2H2,3-4H3. The van der Waals surface area contributed by atoms with Gasteiger partial charge in [-0.15, -0.1) is 0 Å². The third kappa shape index (κ3) is 8.36. The summed E-state index contributed by atoms with van der Waals surface area (Å²) in [5, 5.41) is 0. The molecule has 0 radical (unpaired) electrons. The van der Waals surface area contributed by atoms with Crippen molar-refractivity contribution in [3.8, 4) is 44.5 Å². The molecule has 0 N–H and O–H groups in total. The largest absolute Gasteiger partial charge is 0.310 e. The molecular formula is C93H64F2N2. The van der Waals surface area contributed by atoms with E-state index >= 15 is 8.78 Å². The molecule has 0 bridgehead atoms. The molecule has 4 aliphatic carbocycles. The minimum atomic E-state index is -0.847. The fraction of sp³-hybridized carbons (Fsp3) is 0.0538. The smallest absolute Gasteiger partial charge is 0.125 e. The molecule has 0 aromatic heterocycles. The summed E-state index contributed by atoms with van der Waals surface area (Å²) < 4.78 is 32.5. The second-order valence-corrected chi connectivity index (χ2v) is 26.4. The van der Waals surface area contributed by atoms with Gasteiger partial charge in [0.15, 0.2) is 0 Å². The Morgan fingerprint density at radius 3 is 0.804 bits per heavy atom. The highest BCUT2D eigenvalue weighted by molar-refractivity contribution is 5.99. The van der Waals surface area contributed by atoms with Crippen molar-refractivity contribution in [2.45, 2.75) is 30.1 Å². The Morgan fingerprint density at radius 1 is 0.247 bits per heavy atom. The summed E-state index contributed by atoms with van der Waals surface area (Å²) in [7, 11) is 0. The van der Waals surface area contributed by atoms with Gasteiger partial charge in [0, 0.05) is 34.1 Å². The fourth-order valence-electron chi connectivity index (χ4n) is 17.3. The first kappa shape index (κ1) is 57.7. The van der Waals surface area contributed by atoms with Gasteiger partial charge >= 0.3 is 0 Å². The van der Waals surface area contributed by atoms with Gasteiger partial charge in [-0.2, -0.15) is 0 Å². The number of hydrogen-bond donors (Lipinski definition) is 0. The molecule has 460 valence electrons. The van der Waals surface area contributed by atoms with Crippen LogP contribution in [0.2, 0.25) is 0 Å². The molecule has 14 aromatic carbocycles. The minimum absolute atomic E-state index is 0.331. The predicted molar refractivity (Wildman–Crippen MR) is 396 cm³/mol. The van der Waals surface area contributed by atoms with Crippen LogP contribution in [0.15, 0.2) is 329 Å². The lowest BCUT2D eigenvalue weighted by atomic mass is 9.67. The minimum Gasteiger partial charge on any atom is -0.310 e. The first-order valence-corrected chi connectivity index (χ1v) is 33.3. The number of hydrogen-bond acceptors (Lipinski definition) is 2. The van der Waals surface area contributed by atoms with E-state index < -0.39 is 16.2 Å².